The molecule has 0 aliphatic heterocycles. The van der Waals surface area contributed by atoms with Gasteiger partial charge in [0.25, 0.3) is 0 Å². The van der Waals surface area contributed by atoms with E-state index in [1.165, 1.54) is 17.9 Å². The summed E-state index contributed by atoms with van der Waals surface area (Å²) in [5.41, 5.74) is 0. The molecule has 0 aromatic heterocycles. The van der Waals surface area contributed by atoms with E-state index >= 15 is 0 Å². The number of nitrogens with zero attached hydrogens (tertiary/aromatic N) is 1. The molecule has 0 aromatic rings. The molecule has 66 valence electrons. The number of nitrogens with one attached hydrogen (secondary N) is 1. The van der Waals surface area contributed by atoms with E-state index in [4.69, 9.17) is 0 Å². The Labute approximate surface area is 80.1 Å². The molecule has 0 rings (SSSR count). The maximum absolute atomic E-state index is 4.43. The fourth-order valence-corrected chi connectivity index (χ4v) is 0.806. The monoisotopic (exact) mass is 194 g/mol. The van der Waals surface area contributed by atoms with Gasteiger partial charge in [-0.15, -0.1) is 0 Å². The number of aliphatic imine (C=N–C) groups is 1. The molecule has 0 fully saturated rings. The third-order valence-corrected chi connectivity index (χ3v) is 1.39. The number of quaternary nitrogens is 1. The van der Waals surface area contributed by atoms with Crippen LogP contribution in [0.25, 0.3) is 0 Å². The van der Waals surface area contributed by atoms with Gasteiger partial charge in [-0.25, -0.2) is 4.99 Å². The predicted molar refractivity (Wildman–Crippen MR) is 46.8 cm³/mol. The van der Waals surface area contributed by atoms with E-state index < -0.39 is 0 Å². The number of hydrogen-bond acceptors (Lipinski definition) is 2. The molecule has 0 aliphatic rings. The molecule has 0 saturated carbocycles. The molecule has 0 aromatic carbocycles. The smallest absolute Gasteiger partial charge is 0.0767 e. The number of halogens is 1. The second kappa shape index (κ2) is 10.0. The number of hydrogen-bond donors (Lipinski definition) is 1. The van der Waals surface area contributed by atoms with Crippen LogP contribution < -0.4 is 17.3 Å². The SMILES string of the molecule is C[NH+](C)CCCCN=C=S.[Cl-]. The molecule has 4 heteroatoms. The second-order valence-corrected chi connectivity index (χ2v) is 2.82. The van der Waals surface area contributed by atoms with Gasteiger partial charge in [-0.2, -0.15) is 0 Å². The molecule has 0 unspecified atom stereocenters. The zero-order valence-corrected chi connectivity index (χ0v) is 8.63. The quantitative estimate of drug-likeness (QED) is 0.281. The molecule has 0 saturated heterocycles. The lowest BCUT2D eigenvalue weighted by atomic mass is 10.3. The fraction of sp³-hybridized carbons (Fsp3) is 0.857. The van der Waals surface area contributed by atoms with Crippen molar-refractivity contribution in [2.45, 2.75) is 12.8 Å². The minimum atomic E-state index is 0. The Morgan fingerprint density at radius 1 is 1.36 bits per heavy atom. The van der Waals surface area contributed by atoms with Gasteiger partial charge in [0.15, 0.2) is 0 Å². The Balaban J connectivity index is 0. The lowest BCUT2D eigenvalue weighted by Crippen LogP contribution is -3.05. The van der Waals surface area contributed by atoms with E-state index in [2.05, 4.69) is 36.5 Å². The van der Waals surface area contributed by atoms with Crippen LogP contribution in [-0.2, 0) is 0 Å². The summed E-state index contributed by atoms with van der Waals surface area (Å²) in [6.45, 7) is 2.06. The number of thiocarbonyl (C=S) groups is 1. The minimum Gasteiger partial charge on any atom is -1.00 e. The Bertz CT molecular complexity index is 122. The van der Waals surface area contributed by atoms with Crippen molar-refractivity contribution >= 4 is 17.4 Å². The number of rotatable bonds is 5. The van der Waals surface area contributed by atoms with Gasteiger partial charge in [-0.05, 0) is 25.1 Å². The first-order valence-electron chi connectivity index (χ1n) is 3.60. The topological polar surface area (TPSA) is 16.8 Å². The van der Waals surface area contributed by atoms with Crippen LogP contribution in [0.3, 0.4) is 0 Å². The molecule has 1 N–H and O–H groups in total. The average molecular weight is 195 g/mol. The standard InChI is InChI=1S/C7H14N2S.ClH/c1-9(2)6-4-3-5-8-7-10;/h3-6H2,1-2H3;1H. The normalized spacial score (nSPS) is 8.64. The number of unbranched alkanes of at least 4 members (excludes halogenated alkanes) is 1. The van der Waals surface area contributed by atoms with Crippen LogP contribution in [0.2, 0.25) is 0 Å². The molecule has 11 heavy (non-hydrogen) atoms. The first-order chi connectivity index (χ1) is 4.77. The predicted octanol–water partition coefficient (Wildman–Crippen LogP) is -2.98. The van der Waals surface area contributed by atoms with Crippen LogP contribution in [0.1, 0.15) is 12.8 Å². The first kappa shape index (κ1) is 13.6. The molecule has 0 heterocycles. The highest BCUT2D eigenvalue weighted by Crippen LogP contribution is 1.84. The summed E-state index contributed by atoms with van der Waals surface area (Å²) in [6, 6.07) is 0. The van der Waals surface area contributed by atoms with E-state index in [9.17, 15) is 0 Å². The van der Waals surface area contributed by atoms with Crippen molar-refractivity contribution < 1.29 is 17.3 Å². The van der Waals surface area contributed by atoms with Crippen molar-refractivity contribution in [3.05, 3.63) is 0 Å². The zero-order chi connectivity index (χ0) is 7.82. The van der Waals surface area contributed by atoms with Gasteiger partial charge in [0.1, 0.15) is 0 Å². The van der Waals surface area contributed by atoms with Gasteiger partial charge in [-0.1, -0.05) is 0 Å². The third-order valence-electron chi connectivity index (χ3n) is 1.26. The van der Waals surface area contributed by atoms with Crippen molar-refractivity contribution in [3.63, 3.8) is 0 Å². The van der Waals surface area contributed by atoms with Gasteiger partial charge in [0, 0.05) is 6.54 Å². The summed E-state index contributed by atoms with van der Waals surface area (Å²) in [7, 11) is 4.31. The van der Waals surface area contributed by atoms with Crippen LogP contribution >= 0.6 is 12.2 Å². The summed E-state index contributed by atoms with van der Waals surface area (Å²) < 4.78 is 0. The van der Waals surface area contributed by atoms with Crippen LogP contribution in [0.4, 0.5) is 0 Å². The maximum atomic E-state index is 4.43. The van der Waals surface area contributed by atoms with E-state index in [0.717, 1.165) is 13.0 Å². The summed E-state index contributed by atoms with van der Waals surface area (Å²) in [4.78, 5) is 5.32. The molecular formula is C7H15ClN2S. The van der Waals surface area contributed by atoms with Gasteiger partial charge >= 0.3 is 0 Å². The van der Waals surface area contributed by atoms with E-state index in [1.54, 1.807) is 0 Å². The minimum absolute atomic E-state index is 0. The first-order valence-corrected chi connectivity index (χ1v) is 4.01. The van der Waals surface area contributed by atoms with Gasteiger partial charge in [0.2, 0.25) is 0 Å². The summed E-state index contributed by atoms with van der Waals surface area (Å²) in [5, 5.41) is 2.36. The molecule has 0 bridgehead atoms. The van der Waals surface area contributed by atoms with Crippen molar-refractivity contribution in [2.75, 3.05) is 27.2 Å². The van der Waals surface area contributed by atoms with Crippen molar-refractivity contribution in [2.24, 2.45) is 4.99 Å². The number of isothiocyanates is 1. The molecular weight excluding hydrogens is 180 g/mol. The van der Waals surface area contributed by atoms with Crippen molar-refractivity contribution in [3.8, 4) is 0 Å². The summed E-state index contributed by atoms with van der Waals surface area (Å²) in [5.74, 6) is 0. The molecule has 0 radical (unpaired) electrons. The van der Waals surface area contributed by atoms with Crippen LogP contribution in [0, 0.1) is 0 Å². The highest BCUT2D eigenvalue weighted by molar-refractivity contribution is 7.78. The zero-order valence-electron chi connectivity index (χ0n) is 7.06. The Morgan fingerprint density at radius 2 is 2.00 bits per heavy atom. The Morgan fingerprint density at radius 3 is 2.45 bits per heavy atom. The maximum Gasteiger partial charge on any atom is 0.0767 e. The largest absolute Gasteiger partial charge is 1.00 e. The highest BCUT2D eigenvalue weighted by atomic mass is 35.5. The lowest BCUT2D eigenvalue weighted by Gasteiger charge is -2.04. The van der Waals surface area contributed by atoms with Crippen molar-refractivity contribution in [1.29, 1.82) is 0 Å². The Hall–Kier alpha value is 0.0500. The molecule has 0 amide bonds. The van der Waals surface area contributed by atoms with E-state index in [0.29, 0.717) is 0 Å². The second-order valence-electron chi connectivity index (χ2n) is 2.64. The van der Waals surface area contributed by atoms with Gasteiger partial charge in [0.05, 0.1) is 25.8 Å². The summed E-state index contributed by atoms with van der Waals surface area (Å²) in [6.07, 6.45) is 2.36. The molecule has 0 spiro atoms. The molecule has 2 nitrogen and oxygen atoms in total. The fourth-order valence-electron chi connectivity index (χ4n) is 0.715. The highest BCUT2D eigenvalue weighted by Gasteiger charge is 1.91. The molecule has 0 aliphatic carbocycles. The van der Waals surface area contributed by atoms with E-state index in [1.807, 2.05) is 0 Å². The van der Waals surface area contributed by atoms with Gasteiger partial charge < -0.3 is 17.3 Å². The molecule has 0 atom stereocenters. The van der Waals surface area contributed by atoms with Crippen molar-refractivity contribution in [1.82, 2.24) is 0 Å². The van der Waals surface area contributed by atoms with Crippen LogP contribution in [-0.4, -0.2) is 32.3 Å². The van der Waals surface area contributed by atoms with E-state index in [-0.39, 0.29) is 12.4 Å². The van der Waals surface area contributed by atoms with Gasteiger partial charge in [-0.3, -0.25) is 0 Å². The summed E-state index contributed by atoms with van der Waals surface area (Å²) >= 11 is 4.43. The van der Waals surface area contributed by atoms with Crippen LogP contribution in [0.15, 0.2) is 4.99 Å². The third kappa shape index (κ3) is 13.1. The Kier molecular flexibility index (Phi) is 12.5. The van der Waals surface area contributed by atoms with Crippen LogP contribution in [0.5, 0.6) is 0 Å². The lowest BCUT2D eigenvalue weighted by molar-refractivity contribution is -0.858. The average Bonchev–Trinajstić information content (AvgIpc) is 1.87.